The van der Waals surface area contributed by atoms with Crippen LogP contribution >= 0.6 is 0 Å². The summed E-state index contributed by atoms with van der Waals surface area (Å²) in [7, 11) is 0. The zero-order valence-electron chi connectivity index (χ0n) is 9.18. The molecular formula is C9H7F3N2O5. The zero-order valence-corrected chi connectivity index (χ0v) is 9.18. The molecule has 0 amide bonds. The van der Waals surface area contributed by atoms with Crippen LogP contribution in [0.5, 0.6) is 5.88 Å². The molecule has 0 aliphatic rings. The van der Waals surface area contributed by atoms with Gasteiger partial charge in [-0.15, -0.1) is 0 Å². The Morgan fingerprint density at radius 2 is 2.16 bits per heavy atom. The number of pyridine rings is 1. The van der Waals surface area contributed by atoms with Crippen LogP contribution in [0.3, 0.4) is 0 Å². The SMILES string of the molecule is O=C(O)c1cc(OCCC(F)(F)F)ncc1[N+](=O)[O-]. The van der Waals surface area contributed by atoms with Crippen LogP contribution in [0.25, 0.3) is 0 Å². The first-order valence-electron chi connectivity index (χ1n) is 4.78. The Morgan fingerprint density at radius 3 is 2.63 bits per heavy atom. The predicted octanol–water partition coefficient (Wildman–Crippen LogP) is 2.02. The maximum Gasteiger partial charge on any atom is 0.392 e. The summed E-state index contributed by atoms with van der Waals surface area (Å²) in [5.74, 6) is -2.03. The molecule has 0 bridgehead atoms. The van der Waals surface area contributed by atoms with Crippen molar-refractivity contribution in [2.75, 3.05) is 6.61 Å². The van der Waals surface area contributed by atoms with Gasteiger partial charge >= 0.3 is 17.8 Å². The number of hydrogen-bond acceptors (Lipinski definition) is 5. The Balaban J connectivity index is 2.85. The monoisotopic (exact) mass is 280 g/mol. The first-order chi connectivity index (χ1) is 8.70. The first kappa shape index (κ1) is 14.7. The Hall–Kier alpha value is -2.39. The van der Waals surface area contributed by atoms with Gasteiger partial charge in [0.05, 0.1) is 18.0 Å². The van der Waals surface area contributed by atoms with Gasteiger partial charge in [-0.25, -0.2) is 9.78 Å². The van der Waals surface area contributed by atoms with E-state index in [4.69, 9.17) is 5.11 Å². The normalized spacial score (nSPS) is 11.1. The highest BCUT2D eigenvalue weighted by molar-refractivity contribution is 5.92. The van der Waals surface area contributed by atoms with Crippen LogP contribution in [0, 0.1) is 10.1 Å². The van der Waals surface area contributed by atoms with Crippen molar-refractivity contribution in [1.82, 2.24) is 4.98 Å². The van der Waals surface area contributed by atoms with E-state index in [1.807, 2.05) is 0 Å². The summed E-state index contributed by atoms with van der Waals surface area (Å²) < 4.78 is 40.1. The number of ether oxygens (including phenoxy) is 1. The van der Waals surface area contributed by atoms with Gasteiger partial charge in [0.1, 0.15) is 11.8 Å². The average Bonchev–Trinajstić information content (AvgIpc) is 2.26. The molecule has 0 aromatic carbocycles. The van der Waals surface area contributed by atoms with Crippen molar-refractivity contribution in [2.45, 2.75) is 12.6 Å². The van der Waals surface area contributed by atoms with E-state index in [0.29, 0.717) is 12.3 Å². The minimum atomic E-state index is -4.42. The van der Waals surface area contributed by atoms with Gasteiger partial charge in [0, 0.05) is 6.07 Å². The van der Waals surface area contributed by atoms with E-state index in [1.165, 1.54) is 0 Å². The lowest BCUT2D eigenvalue weighted by Gasteiger charge is -2.08. The van der Waals surface area contributed by atoms with Crippen molar-refractivity contribution in [3.8, 4) is 5.88 Å². The van der Waals surface area contributed by atoms with Gasteiger partial charge in [0.15, 0.2) is 0 Å². The van der Waals surface area contributed by atoms with Gasteiger partial charge in [0.2, 0.25) is 5.88 Å². The predicted molar refractivity (Wildman–Crippen MR) is 54.0 cm³/mol. The quantitative estimate of drug-likeness (QED) is 0.653. The zero-order chi connectivity index (χ0) is 14.6. The van der Waals surface area contributed by atoms with Gasteiger partial charge in [0.25, 0.3) is 0 Å². The summed E-state index contributed by atoms with van der Waals surface area (Å²) in [5, 5.41) is 19.2. The highest BCUT2D eigenvalue weighted by Crippen LogP contribution is 2.23. The van der Waals surface area contributed by atoms with Crippen molar-refractivity contribution in [3.63, 3.8) is 0 Å². The number of rotatable bonds is 5. The highest BCUT2D eigenvalue weighted by atomic mass is 19.4. The Kier molecular flexibility index (Phi) is 4.25. The maximum atomic E-state index is 11.9. The number of nitro groups is 1. The molecule has 1 N–H and O–H groups in total. The van der Waals surface area contributed by atoms with E-state index in [0.717, 1.165) is 0 Å². The fraction of sp³-hybridized carbons (Fsp3) is 0.333. The summed E-state index contributed by atoms with van der Waals surface area (Å²) in [5.41, 5.74) is -1.47. The van der Waals surface area contributed by atoms with Crippen LogP contribution < -0.4 is 4.74 Å². The Labute approximate surface area is 103 Å². The Morgan fingerprint density at radius 1 is 1.53 bits per heavy atom. The van der Waals surface area contributed by atoms with Crippen LogP contribution in [0.1, 0.15) is 16.8 Å². The summed E-state index contributed by atoms with van der Waals surface area (Å²) in [6, 6.07) is 0.705. The van der Waals surface area contributed by atoms with Crippen molar-refractivity contribution < 1.29 is 32.7 Å². The van der Waals surface area contributed by atoms with E-state index >= 15 is 0 Å². The van der Waals surface area contributed by atoms with Gasteiger partial charge < -0.3 is 9.84 Å². The van der Waals surface area contributed by atoms with Gasteiger partial charge in [-0.1, -0.05) is 0 Å². The van der Waals surface area contributed by atoms with Crippen molar-refractivity contribution in [3.05, 3.63) is 27.9 Å². The minimum Gasteiger partial charge on any atom is -0.477 e. The third-order valence-corrected chi connectivity index (χ3v) is 1.92. The molecule has 0 radical (unpaired) electrons. The van der Waals surface area contributed by atoms with Crippen molar-refractivity contribution in [2.24, 2.45) is 0 Å². The van der Waals surface area contributed by atoms with Crippen LogP contribution in [-0.4, -0.2) is 33.8 Å². The lowest BCUT2D eigenvalue weighted by molar-refractivity contribution is -0.385. The maximum absolute atomic E-state index is 11.9. The van der Waals surface area contributed by atoms with Gasteiger partial charge in [-0.05, 0) is 0 Å². The summed E-state index contributed by atoms with van der Waals surface area (Å²) in [6.07, 6.45) is -5.04. The summed E-state index contributed by atoms with van der Waals surface area (Å²) in [4.78, 5) is 23.6. The number of carbonyl (C=O) groups is 1. The number of carboxylic acids is 1. The minimum absolute atomic E-state index is 0.424. The van der Waals surface area contributed by atoms with Crippen LogP contribution in [0.4, 0.5) is 18.9 Å². The number of nitrogens with zero attached hydrogens (tertiary/aromatic N) is 2. The molecule has 0 unspecified atom stereocenters. The second-order valence-electron chi connectivity index (χ2n) is 3.32. The first-order valence-corrected chi connectivity index (χ1v) is 4.78. The molecule has 0 aliphatic heterocycles. The number of hydrogen-bond donors (Lipinski definition) is 1. The smallest absolute Gasteiger partial charge is 0.392 e. The standard InChI is InChI=1S/C9H7F3N2O5/c10-9(11,12)1-2-19-7-3-5(8(15)16)6(4-13-7)14(17)18/h3-4H,1-2H2,(H,15,16). The number of carboxylic acid groups (broad SMARTS) is 1. The molecule has 10 heteroatoms. The largest absolute Gasteiger partial charge is 0.477 e. The molecule has 1 rings (SSSR count). The molecule has 0 aliphatic carbocycles. The third kappa shape index (κ3) is 4.41. The molecule has 1 aromatic heterocycles. The lowest BCUT2D eigenvalue weighted by Crippen LogP contribution is -2.14. The van der Waals surface area contributed by atoms with Gasteiger partial charge in [-0.2, -0.15) is 13.2 Å². The molecule has 0 fully saturated rings. The number of aromatic carboxylic acids is 1. The van der Waals surface area contributed by atoms with E-state index in [1.54, 1.807) is 0 Å². The van der Waals surface area contributed by atoms with E-state index in [9.17, 15) is 28.1 Å². The van der Waals surface area contributed by atoms with E-state index in [-0.39, 0.29) is 0 Å². The fourth-order valence-corrected chi connectivity index (χ4v) is 1.10. The number of aromatic nitrogens is 1. The van der Waals surface area contributed by atoms with E-state index < -0.39 is 47.2 Å². The molecule has 0 saturated heterocycles. The molecular weight excluding hydrogens is 273 g/mol. The molecule has 104 valence electrons. The highest BCUT2D eigenvalue weighted by Gasteiger charge is 2.27. The second kappa shape index (κ2) is 5.50. The number of alkyl halides is 3. The summed E-state index contributed by atoms with van der Waals surface area (Å²) in [6.45, 7) is -0.757. The molecule has 7 nitrogen and oxygen atoms in total. The molecule has 19 heavy (non-hydrogen) atoms. The summed E-state index contributed by atoms with van der Waals surface area (Å²) >= 11 is 0. The third-order valence-electron chi connectivity index (χ3n) is 1.92. The van der Waals surface area contributed by atoms with Crippen molar-refractivity contribution >= 4 is 11.7 Å². The topological polar surface area (TPSA) is 103 Å². The molecule has 1 heterocycles. The molecule has 0 atom stereocenters. The molecule has 1 aromatic rings. The van der Waals surface area contributed by atoms with E-state index in [2.05, 4.69) is 9.72 Å². The molecule has 0 spiro atoms. The van der Waals surface area contributed by atoms with Gasteiger partial charge in [-0.3, -0.25) is 10.1 Å². The second-order valence-corrected chi connectivity index (χ2v) is 3.32. The van der Waals surface area contributed by atoms with Crippen LogP contribution in [-0.2, 0) is 0 Å². The van der Waals surface area contributed by atoms with Crippen LogP contribution in [0.15, 0.2) is 12.3 Å². The average molecular weight is 280 g/mol. The fourth-order valence-electron chi connectivity index (χ4n) is 1.10. The van der Waals surface area contributed by atoms with Crippen molar-refractivity contribution in [1.29, 1.82) is 0 Å². The lowest BCUT2D eigenvalue weighted by atomic mass is 10.2. The Bertz CT molecular complexity index is 503. The molecule has 0 saturated carbocycles. The number of halogens is 3. The van der Waals surface area contributed by atoms with Crippen LogP contribution in [0.2, 0.25) is 0 Å².